The van der Waals surface area contributed by atoms with Gasteiger partial charge in [0.15, 0.2) is 9.84 Å². The first-order chi connectivity index (χ1) is 9.30. The second-order valence-corrected chi connectivity index (χ2v) is 7.02. The van der Waals surface area contributed by atoms with Gasteiger partial charge >= 0.3 is 0 Å². The van der Waals surface area contributed by atoms with Crippen LogP contribution in [0.4, 0.5) is 0 Å². The van der Waals surface area contributed by atoms with Crippen LogP contribution in [0.25, 0.3) is 0 Å². The molecular formula is C13H18N2O4S. The average molecular weight is 298 g/mol. The van der Waals surface area contributed by atoms with E-state index >= 15 is 0 Å². The molecule has 0 unspecified atom stereocenters. The van der Waals surface area contributed by atoms with Crippen molar-refractivity contribution in [3.8, 4) is 0 Å². The lowest BCUT2D eigenvalue weighted by molar-refractivity contribution is 0.0581. The summed E-state index contributed by atoms with van der Waals surface area (Å²) in [6, 6.07) is 5.55. The van der Waals surface area contributed by atoms with Crippen LogP contribution < -0.4 is 5.32 Å². The van der Waals surface area contributed by atoms with Gasteiger partial charge in [0.1, 0.15) is 0 Å². The Morgan fingerprint density at radius 2 is 1.90 bits per heavy atom. The third-order valence-corrected chi connectivity index (χ3v) is 4.63. The zero-order valence-electron chi connectivity index (χ0n) is 11.4. The summed E-state index contributed by atoms with van der Waals surface area (Å²) in [4.78, 5) is 13.9. The molecule has 0 spiro atoms. The van der Waals surface area contributed by atoms with E-state index in [1.165, 1.54) is 29.2 Å². The van der Waals surface area contributed by atoms with Gasteiger partial charge in [0, 0.05) is 32.0 Å². The van der Waals surface area contributed by atoms with E-state index in [0.717, 1.165) is 6.26 Å². The molecule has 1 amide bonds. The Labute approximate surface area is 118 Å². The van der Waals surface area contributed by atoms with E-state index < -0.39 is 15.9 Å². The Morgan fingerprint density at radius 3 is 2.35 bits per heavy atom. The maximum Gasteiger partial charge on any atom is 0.253 e. The average Bonchev–Trinajstić information content (AvgIpc) is 2.82. The number of nitrogens with zero attached hydrogens (tertiary/aromatic N) is 1. The Morgan fingerprint density at radius 1 is 1.30 bits per heavy atom. The lowest BCUT2D eigenvalue weighted by Gasteiger charge is -2.26. The highest BCUT2D eigenvalue weighted by Gasteiger charge is 2.31. The molecule has 0 aliphatic carbocycles. The van der Waals surface area contributed by atoms with Gasteiger partial charge in [-0.1, -0.05) is 0 Å². The number of nitrogens with one attached hydrogen (secondary N) is 1. The van der Waals surface area contributed by atoms with Crippen molar-refractivity contribution in [1.29, 1.82) is 0 Å². The van der Waals surface area contributed by atoms with Crippen LogP contribution in [-0.4, -0.2) is 62.9 Å². The number of rotatable bonds is 3. The molecule has 1 aromatic carbocycles. The monoisotopic (exact) mass is 298 g/mol. The number of carbonyl (C=O) groups is 1. The molecule has 0 bridgehead atoms. The predicted molar refractivity (Wildman–Crippen MR) is 74.3 cm³/mol. The van der Waals surface area contributed by atoms with Crippen molar-refractivity contribution in [2.75, 3.05) is 26.4 Å². The van der Waals surface area contributed by atoms with Crippen LogP contribution in [0.1, 0.15) is 10.4 Å². The number of β-amino-alcohol motifs (C(OH)–C–C–N with tert-alkyl or cyclic N) is 1. The Hall–Kier alpha value is -1.44. The maximum absolute atomic E-state index is 12.3. The van der Waals surface area contributed by atoms with E-state index in [0.29, 0.717) is 18.7 Å². The number of amides is 1. The molecule has 1 heterocycles. The van der Waals surface area contributed by atoms with Gasteiger partial charge in [-0.2, -0.15) is 0 Å². The molecule has 0 saturated carbocycles. The molecule has 2 atom stereocenters. The van der Waals surface area contributed by atoms with E-state index in [2.05, 4.69) is 5.32 Å². The van der Waals surface area contributed by atoms with Gasteiger partial charge in [-0.15, -0.1) is 0 Å². The van der Waals surface area contributed by atoms with Gasteiger partial charge < -0.3 is 15.3 Å². The largest absolute Gasteiger partial charge is 0.390 e. The highest BCUT2D eigenvalue weighted by atomic mass is 32.2. The molecular weight excluding hydrogens is 280 g/mol. The summed E-state index contributed by atoms with van der Waals surface area (Å²) < 4.78 is 22.7. The van der Waals surface area contributed by atoms with Crippen LogP contribution in [0.2, 0.25) is 0 Å². The molecule has 2 rings (SSSR count). The lowest BCUT2D eigenvalue weighted by Crippen LogP contribution is -2.44. The van der Waals surface area contributed by atoms with E-state index in [1.807, 2.05) is 0 Å². The first kappa shape index (κ1) is 15.0. The predicted octanol–water partition coefficient (Wildman–Crippen LogP) is -0.505. The molecule has 0 aromatic heterocycles. The Balaban J connectivity index is 2.17. The van der Waals surface area contributed by atoms with Gasteiger partial charge in [-0.3, -0.25) is 4.79 Å². The van der Waals surface area contributed by atoms with Gasteiger partial charge in [-0.05, 0) is 24.3 Å². The summed E-state index contributed by atoms with van der Waals surface area (Å²) in [5.41, 5.74) is 0.402. The van der Waals surface area contributed by atoms with Gasteiger partial charge in [0.05, 0.1) is 17.0 Å². The zero-order chi connectivity index (χ0) is 14.9. The number of hydrogen-bond acceptors (Lipinski definition) is 5. The summed E-state index contributed by atoms with van der Waals surface area (Å²) in [5, 5.41) is 12.8. The third kappa shape index (κ3) is 3.00. The Bertz CT molecular complexity index is 597. The molecule has 1 aromatic rings. The minimum Gasteiger partial charge on any atom is -0.390 e. The number of likely N-dealkylation sites (N-methyl/N-ethyl adjacent to an activating group) is 1. The molecule has 6 nitrogen and oxygen atoms in total. The molecule has 1 fully saturated rings. The van der Waals surface area contributed by atoms with Gasteiger partial charge in [0.25, 0.3) is 5.91 Å². The highest BCUT2D eigenvalue weighted by molar-refractivity contribution is 7.90. The molecule has 1 saturated heterocycles. The second kappa shape index (κ2) is 5.51. The Kier molecular flexibility index (Phi) is 4.12. The van der Waals surface area contributed by atoms with Crippen LogP contribution in [-0.2, 0) is 9.84 Å². The molecule has 1 aliphatic heterocycles. The first-order valence-corrected chi connectivity index (χ1v) is 8.16. The SMILES string of the molecule is CN(C(=O)c1ccc(S(C)(=O)=O)cc1)[C@@H]1CNC[C@H]1O. The number of carbonyl (C=O) groups excluding carboxylic acids is 1. The highest BCUT2D eigenvalue weighted by Crippen LogP contribution is 2.15. The minimum absolute atomic E-state index is 0.180. The number of aliphatic hydroxyl groups is 1. The number of aliphatic hydroxyl groups excluding tert-OH is 1. The van der Waals surface area contributed by atoms with Crippen LogP contribution in [0.3, 0.4) is 0 Å². The van der Waals surface area contributed by atoms with Crippen molar-refractivity contribution in [2.24, 2.45) is 0 Å². The second-order valence-electron chi connectivity index (χ2n) is 5.01. The van der Waals surface area contributed by atoms with Gasteiger partial charge in [-0.25, -0.2) is 8.42 Å². The maximum atomic E-state index is 12.3. The van der Waals surface area contributed by atoms with Crippen molar-refractivity contribution in [1.82, 2.24) is 10.2 Å². The van der Waals surface area contributed by atoms with Gasteiger partial charge in [0.2, 0.25) is 0 Å². The van der Waals surface area contributed by atoms with Crippen LogP contribution >= 0.6 is 0 Å². The summed E-state index contributed by atoms with van der Waals surface area (Å²) >= 11 is 0. The fourth-order valence-electron chi connectivity index (χ4n) is 2.25. The molecule has 2 N–H and O–H groups in total. The standard InChI is InChI=1S/C13H18N2O4S/c1-15(11-7-14-8-12(11)16)13(17)9-3-5-10(6-4-9)20(2,18)19/h3-6,11-12,14,16H,7-8H2,1-2H3/t11-,12-/m1/s1. The minimum atomic E-state index is -3.26. The van der Waals surface area contributed by atoms with Crippen molar-refractivity contribution >= 4 is 15.7 Å². The molecule has 0 radical (unpaired) electrons. The fraction of sp³-hybridized carbons (Fsp3) is 0.462. The summed E-state index contributed by atoms with van der Waals surface area (Å²) in [6.07, 6.45) is 0.538. The topological polar surface area (TPSA) is 86.7 Å². The summed E-state index contributed by atoms with van der Waals surface area (Å²) in [7, 11) is -1.63. The van der Waals surface area contributed by atoms with E-state index in [4.69, 9.17) is 0 Å². The summed E-state index contributed by atoms with van der Waals surface area (Å²) in [5.74, 6) is -0.238. The van der Waals surface area contributed by atoms with E-state index in [1.54, 1.807) is 7.05 Å². The lowest BCUT2D eigenvalue weighted by atomic mass is 10.1. The van der Waals surface area contributed by atoms with Crippen LogP contribution in [0.5, 0.6) is 0 Å². The van der Waals surface area contributed by atoms with E-state index in [9.17, 15) is 18.3 Å². The quantitative estimate of drug-likeness (QED) is 0.785. The smallest absolute Gasteiger partial charge is 0.253 e. The molecule has 7 heteroatoms. The van der Waals surface area contributed by atoms with E-state index in [-0.39, 0.29) is 16.8 Å². The molecule has 1 aliphatic rings. The zero-order valence-corrected chi connectivity index (χ0v) is 12.2. The number of hydrogen-bond donors (Lipinski definition) is 2. The number of sulfone groups is 1. The number of benzene rings is 1. The van der Waals surface area contributed by atoms with Crippen LogP contribution in [0, 0.1) is 0 Å². The van der Waals surface area contributed by atoms with Crippen molar-refractivity contribution in [3.05, 3.63) is 29.8 Å². The van der Waals surface area contributed by atoms with Crippen molar-refractivity contribution in [3.63, 3.8) is 0 Å². The normalized spacial score (nSPS) is 22.8. The summed E-state index contributed by atoms with van der Waals surface area (Å²) in [6.45, 7) is 1.01. The molecule has 110 valence electrons. The van der Waals surface area contributed by atoms with Crippen molar-refractivity contribution in [2.45, 2.75) is 17.0 Å². The fourth-order valence-corrected chi connectivity index (χ4v) is 2.88. The van der Waals surface area contributed by atoms with Crippen molar-refractivity contribution < 1.29 is 18.3 Å². The van der Waals surface area contributed by atoms with Crippen LogP contribution in [0.15, 0.2) is 29.2 Å². The first-order valence-electron chi connectivity index (χ1n) is 6.27. The third-order valence-electron chi connectivity index (χ3n) is 3.50. The molecule has 20 heavy (non-hydrogen) atoms.